The Labute approximate surface area is 144 Å². The van der Waals surface area contributed by atoms with E-state index in [2.05, 4.69) is 10.00 Å². The second-order valence-electron chi connectivity index (χ2n) is 6.54. The number of alkyl halides is 3. The monoisotopic (exact) mass is 351 g/mol. The fourth-order valence-corrected chi connectivity index (χ4v) is 3.31. The van der Waals surface area contributed by atoms with Gasteiger partial charge in [-0.1, -0.05) is 12.1 Å². The highest BCUT2D eigenvalue weighted by molar-refractivity contribution is 5.98. The molecule has 7 heteroatoms. The van der Waals surface area contributed by atoms with Crippen molar-refractivity contribution in [2.45, 2.75) is 25.6 Å². The predicted molar refractivity (Wildman–Crippen MR) is 87.0 cm³/mol. The highest BCUT2D eigenvalue weighted by Gasteiger charge is 2.32. The van der Waals surface area contributed by atoms with E-state index in [0.717, 1.165) is 30.7 Å². The zero-order valence-electron chi connectivity index (χ0n) is 14.0. The van der Waals surface area contributed by atoms with Crippen molar-refractivity contribution in [3.8, 4) is 0 Å². The molecule has 1 aromatic heterocycles. The Morgan fingerprint density at radius 1 is 1.36 bits per heavy atom. The molecule has 4 nitrogen and oxygen atoms in total. The Bertz CT molecular complexity index is 754. The number of benzene rings is 1. The van der Waals surface area contributed by atoms with Gasteiger partial charge in [0.1, 0.15) is 0 Å². The van der Waals surface area contributed by atoms with Crippen LogP contribution in [0.3, 0.4) is 0 Å². The number of carbonyl (C=O) groups excluding carboxylic acids is 1. The van der Waals surface area contributed by atoms with Crippen LogP contribution in [-0.4, -0.2) is 33.6 Å². The molecule has 0 N–H and O–H groups in total. The van der Waals surface area contributed by atoms with E-state index < -0.39 is 11.7 Å². The van der Waals surface area contributed by atoms with E-state index in [0.29, 0.717) is 19.5 Å². The molecule has 1 aromatic carbocycles. The summed E-state index contributed by atoms with van der Waals surface area (Å²) < 4.78 is 40.3. The molecule has 1 fully saturated rings. The van der Waals surface area contributed by atoms with Crippen molar-refractivity contribution in [1.29, 1.82) is 0 Å². The maximum absolute atomic E-state index is 12.9. The lowest BCUT2D eigenvalue weighted by molar-refractivity contribution is -0.137. The Morgan fingerprint density at radius 2 is 2.16 bits per heavy atom. The third-order valence-electron chi connectivity index (χ3n) is 4.52. The summed E-state index contributed by atoms with van der Waals surface area (Å²) in [6, 6.07) is 4.72. The van der Waals surface area contributed by atoms with Crippen LogP contribution in [0, 0.1) is 5.92 Å². The summed E-state index contributed by atoms with van der Waals surface area (Å²) in [5.74, 6) is -0.476. The number of aromatic nitrogens is 2. The summed E-state index contributed by atoms with van der Waals surface area (Å²) in [5.41, 5.74) is 0.430. The quantitative estimate of drug-likeness (QED) is 0.791. The first-order valence-corrected chi connectivity index (χ1v) is 8.24. The minimum absolute atomic E-state index is 0.142. The van der Waals surface area contributed by atoms with Gasteiger partial charge in [0.25, 0.3) is 0 Å². The molecule has 0 unspecified atom stereocenters. The Morgan fingerprint density at radius 3 is 2.84 bits per heavy atom. The average Bonchev–Trinajstić information content (AvgIpc) is 2.98. The second kappa shape index (κ2) is 7.00. The molecule has 2 aromatic rings. The van der Waals surface area contributed by atoms with Gasteiger partial charge in [0.2, 0.25) is 0 Å². The number of hydrogen-bond donors (Lipinski definition) is 0. The Kier molecular flexibility index (Phi) is 4.94. The molecule has 0 saturated carbocycles. The maximum atomic E-state index is 12.9. The van der Waals surface area contributed by atoms with Crippen LogP contribution in [0.2, 0.25) is 0 Å². The molecular weight excluding hydrogens is 331 g/mol. The van der Waals surface area contributed by atoms with Crippen LogP contribution >= 0.6 is 0 Å². The summed E-state index contributed by atoms with van der Waals surface area (Å²) in [6.45, 7) is 2.13. The number of carbonyl (C=O) groups is 1. The molecule has 2 heterocycles. The van der Waals surface area contributed by atoms with Gasteiger partial charge in [-0.2, -0.15) is 18.3 Å². The van der Waals surface area contributed by atoms with Gasteiger partial charge in [0.15, 0.2) is 5.78 Å². The number of ketones is 1. The van der Waals surface area contributed by atoms with Crippen LogP contribution in [0.4, 0.5) is 13.2 Å². The number of aryl methyl sites for hydroxylation is 1. The van der Waals surface area contributed by atoms with Crippen LogP contribution in [0.25, 0.3) is 0 Å². The fourth-order valence-electron chi connectivity index (χ4n) is 3.31. The first-order valence-electron chi connectivity index (χ1n) is 8.24. The molecule has 134 valence electrons. The summed E-state index contributed by atoms with van der Waals surface area (Å²) in [6.07, 6.45) is 0.847. The molecule has 1 saturated heterocycles. The first kappa shape index (κ1) is 17.7. The second-order valence-corrected chi connectivity index (χ2v) is 6.54. The summed E-state index contributed by atoms with van der Waals surface area (Å²) in [4.78, 5) is 14.8. The lowest BCUT2D eigenvalue weighted by atomic mass is 9.89. The lowest BCUT2D eigenvalue weighted by Gasteiger charge is -2.31. The van der Waals surface area contributed by atoms with Gasteiger partial charge in [0.05, 0.1) is 11.8 Å². The van der Waals surface area contributed by atoms with E-state index in [4.69, 9.17) is 0 Å². The van der Waals surface area contributed by atoms with E-state index in [1.54, 1.807) is 10.9 Å². The first-order chi connectivity index (χ1) is 11.8. The standard InChI is InChI=1S/C18H20F3N3O/c1-23-10-13(9-22-23)11-24-7-3-5-15(12-24)17(25)14-4-2-6-16(8-14)18(19,20)21/h2,4,6,8-10,15H,3,5,7,11-12H2,1H3/t15-/m0/s1. The van der Waals surface area contributed by atoms with Gasteiger partial charge in [-0.25, -0.2) is 0 Å². The molecule has 0 radical (unpaired) electrons. The van der Waals surface area contributed by atoms with Crippen LogP contribution in [0.5, 0.6) is 0 Å². The van der Waals surface area contributed by atoms with Gasteiger partial charge >= 0.3 is 6.18 Å². The fraction of sp³-hybridized carbons (Fsp3) is 0.444. The van der Waals surface area contributed by atoms with Gasteiger partial charge in [-0.05, 0) is 31.5 Å². The van der Waals surface area contributed by atoms with Crippen LogP contribution in [0.1, 0.15) is 34.3 Å². The van der Waals surface area contributed by atoms with Crippen LogP contribution < -0.4 is 0 Å². The molecule has 25 heavy (non-hydrogen) atoms. The van der Waals surface area contributed by atoms with Gasteiger partial charge in [0, 0.05) is 43.4 Å². The molecular formula is C18H20F3N3O. The largest absolute Gasteiger partial charge is 0.416 e. The normalized spacial score (nSPS) is 19.1. The number of rotatable bonds is 4. The van der Waals surface area contributed by atoms with Gasteiger partial charge in [-0.3, -0.25) is 14.4 Å². The van der Waals surface area contributed by atoms with Crippen molar-refractivity contribution in [2.24, 2.45) is 13.0 Å². The van der Waals surface area contributed by atoms with Crippen LogP contribution in [0.15, 0.2) is 36.7 Å². The molecule has 0 aliphatic carbocycles. The van der Waals surface area contributed by atoms with Gasteiger partial charge < -0.3 is 0 Å². The summed E-state index contributed by atoms with van der Waals surface area (Å²) in [5, 5.41) is 4.13. The van der Waals surface area contributed by atoms with Crippen LogP contribution in [-0.2, 0) is 19.8 Å². The van der Waals surface area contributed by atoms with Crippen molar-refractivity contribution in [3.63, 3.8) is 0 Å². The number of Topliss-reactive ketones (excluding diaryl/α,β-unsaturated/α-hetero) is 1. The van der Waals surface area contributed by atoms with E-state index in [1.165, 1.54) is 12.1 Å². The number of halogens is 3. The van der Waals surface area contributed by atoms with E-state index in [1.807, 2.05) is 13.2 Å². The smallest absolute Gasteiger partial charge is 0.298 e. The summed E-state index contributed by atoms with van der Waals surface area (Å²) >= 11 is 0. The molecule has 1 atom stereocenters. The number of nitrogens with zero attached hydrogens (tertiary/aromatic N) is 3. The zero-order chi connectivity index (χ0) is 18.0. The number of hydrogen-bond acceptors (Lipinski definition) is 3. The van der Waals surface area contributed by atoms with E-state index in [9.17, 15) is 18.0 Å². The number of piperidine rings is 1. The average molecular weight is 351 g/mol. The minimum atomic E-state index is -4.44. The molecule has 1 aliphatic rings. The van der Waals surface area contributed by atoms with Crippen molar-refractivity contribution < 1.29 is 18.0 Å². The lowest BCUT2D eigenvalue weighted by Crippen LogP contribution is -2.38. The molecule has 0 bridgehead atoms. The van der Waals surface area contributed by atoms with Crippen molar-refractivity contribution in [2.75, 3.05) is 13.1 Å². The Balaban J connectivity index is 1.69. The van der Waals surface area contributed by atoms with Crippen molar-refractivity contribution in [3.05, 3.63) is 53.3 Å². The SMILES string of the molecule is Cn1cc(CN2CCC[C@H](C(=O)c3cccc(C(F)(F)F)c3)C2)cn1. The highest BCUT2D eigenvalue weighted by Crippen LogP contribution is 2.30. The van der Waals surface area contributed by atoms with Gasteiger partial charge in [-0.15, -0.1) is 0 Å². The molecule has 0 amide bonds. The van der Waals surface area contributed by atoms with Crippen molar-refractivity contribution in [1.82, 2.24) is 14.7 Å². The molecule has 3 rings (SSSR count). The zero-order valence-corrected chi connectivity index (χ0v) is 14.0. The minimum Gasteiger partial charge on any atom is -0.298 e. The van der Waals surface area contributed by atoms with E-state index in [-0.39, 0.29) is 17.3 Å². The number of likely N-dealkylation sites (tertiary alicyclic amines) is 1. The third kappa shape index (κ3) is 4.28. The van der Waals surface area contributed by atoms with Crippen molar-refractivity contribution >= 4 is 5.78 Å². The Hall–Kier alpha value is -2.15. The molecule has 1 aliphatic heterocycles. The molecule has 0 spiro atoms. The third-order valence-corrected chi connectivity index (χ3v) is 4.52. The topological polar surface area (TPSA) is 38.1 Å². The highest BCUT2D eigenvalue weighted by atomic mass is 19.4. The summed E-state index contributed by atoms with van der Waals surface area (Å²) in [7, 11) is 1.85. The predicted octanol–water partition coefficient (Wildman–Crippen LogP) is 3.53. The maximum Gasteiger partial charge on any atom is 0.416 e. The van der Waals surface area contributed by atoms with E-state index >= 15 is 0 Å².